The van der Waals surface area contributed by atoms with Crippen molar-refractivity contribution < 1.29 is 31.7 Å². The van der Waals surface area contributed by atoms with Gasteiger partial charge in [-0.2, -0.15) is 8.42 Å². The Morgan fingerprint density at radius 1 is 1.10 bits per heavy atom. The number of ether oxygens (including phenoxy) is 2. The lowest BCUT2D eigenvalue weighted by Gasteiger charge is -2.46. The van der Waals surface area contributed by atoms with Crippen LogP contribution in [0.25, 0.3) is 0 Å². The van der Waals surface area contributed by atoms with E-state index in [1.807, 2.05) is 18.2 Å². The second-order valence-corrected chi connectivity index (χ2v) is 8.29. The molecule has 0 saturated carbocycles. The Labute approximate surface area is 174 Å². The van der Waals surface area contributed by atoms with Crippen LogP contribution in [0, 0.1) is 0 Å². The van der Waals surface area contributed by atoms with Crippen molar-refractivity contribution in [2.45, 2.75) is 18.7 Å². The van der Waals surface area contributed by atoms with Gasteiger partial charge in [0.25, 0.3) is 16.0 Å². The van der Waals surface area contributed by atoms with E-state index in [1.54, 1.807) is 36.4 Å². The number of benzene rings is 2. The first-order valence-corrected chi connectivity index (χ1v) is 10.9. The third kappa shape index (κ3) is 5.28. The Morgan fingerprint density at radius 2 is 1.77 bits per heavy atom. The highest BCUT2D eigenvalue weighted by Crippen LogP contribution is 2.30. The molecule has 1 aliphatic rings. The molecule has 1 saturated heterocycles. The van der Waals surface area contributed by atoms with E-state index in [2.05, 4.69) is 5.32 Å². The van der Waals surface area contributed by atoms with E-state index < -0.39 is 34.2 Å². The monoisotopic (exact) mass is 434 g/mol. The van der Waals surface area contributed by atoms with Gasteiger partial charge in [0, 0.05) is 5.69 Å². The molecule has 0 bridgehead atoms. The number of β-lactam (4-membered cyclic amide) rings is 1. The van der Waals surface area contributed by atoms with E-state index in [0.29, 0.717) is 11.4 Å². The van der Waals surface area contributed by atoms with Gasteiger partial charge in [0.2, 0.25) is 0 Å². The summed E-state index contributed by atoms with van der Waals surface area (Å²) in [6.07, 6.45) is 0.137. The number of hydrogen-bond donors (Lipinski definition) is 1. The number of methoxy groups -OCH3 is 1. The molecule has 30 heavy (non-hydrogen) atoms. The van der Waals surface area contributed by atoms with Crippen molar-refractivity contribution in [3.8, 4) is 5.75 Å². The molecule has 0 spiro atoms. The average molecular weight is 434 g/mol. The number of carbonyl (C=O) groups is 2. The molecule has 1 fully saturated rings. The largest absolute Gasteiger partial charge is 0.497 e. The van der Waals surface area contributed by atoms with Crippen LogP contribution < -0.4 is 15.0 Å². The minimum absolute atomic E-state index is 0.0419. The number of rotatable bonds is 8. The van der Waals surface area contributed by atoms with E-state index >= 15 is 0 Å². The summed E-state index contributed by atoms with van der Waals surface area (Å²) in [6.45, 7) is -0.263. The molecule has 2 aromatic rings. The lowest BCUT2D eigenvalue weighted by molar-refractivity contribution is -0.127. The van der Waals surface area contributed by atoms with Gasteiger partial charge in [-0.05, 0) is 29.8 Å². The molecule has 1 N–H and O–H groups in total. The molecule has 1 heterocycles. The molecule has 2 amide bonds. The van der Waals surface area contributed by atoms with Crippen molar-refractivity contribution >= 4 is 27.8 Å². The molecule has 0 unspecified atom stereocenters. The fourth-order valence-corrected chi connectivity index (χ4v) is 3.41. The summed E-state index contributed by atoms with van der Waals surface area (Å²) in [5.74, 6) is 0.203. The smallest absolute Gasteiger partial charge is 0.408 e. The highest BCUT2D eigenvalue weighted by atomic mass is 32.2. The predicted molar refractivity (Wildman–Crippen MR) is 109 cm³/mol. The number of hydrogen-bond acceptors (Lipinski definition) is 7. The summed E-state index contributed by atoms with van der Waals surface area (Å²) in [7, 11) is -2.21. The quantitative estimate of drug-likeness (QED) is 0.497. The van der Waals surface area contributed by atoms with Gasteiger partial charge in [-0.3, -0.25) is 8.98 Å². The van der Waals surface area contributed by atoms with E-state index in [9.17, 15) is 18.0 Å². The number of nitrogens with zero attached hydrogens (tertiary/aromatic N) is 1. The molecule has 160 valence electrons. The lowest BCUT2D eigenvalue weighted by Crippen LogP contribution is -2.72. The Kier molecular flexibility index (Phi) is 6.58. The van der Waals surface area contributed by atoms with Crippen molar-refractivity contribution in [3.63, 3.8) is 0 Å². The van der Waals surface area contributed by atoms with Crippen LogP contribution in [-0.2, 0) is 30.4 Å². The summed E-state index contributed by atoms with van der Waals surface area (Å²) >= 11 is 0. The minimum atomic E-state index is -3.73. The minimum Gasteiger partial charge on any atom is -0.497 e. The maximum absolute atomic E-state index is 12.7. The molecule has 0 aromatic heterocycles. The Balaban J connectivity index is 1.68. The summed E-state index contributed by atoms with van der Waals surface area (Å²) < 4.78 is 38.0. The second kappa shape index (κ2) is 9.14. The molecule has 9 nitrogen and oxygen atoms in total. The molecular weight excluding hydrogens is 412 g/mol. The van der Waals surface area contributed by atoms with E-state index in [0.717, 1.165) is 11.8 Å². The van der Waals surface area contributed by atoms with Gasteiger partial charge in [-0.15, -0.1) is 0 Å². The first-order chi connectivity index (χ1) is 14.3. The molecular formula is C20H22N2O7S. The van der Waals surface area contributed by atoms with E-state index in [1.165, 1.54) is 12.0 Å². The molecule has 0 radical (unpaired) electrons. The second-order valence-electron chi connectivity index (χ2n) is 6.65. The van der Waals surface area contributed by atoms with Crippen molar-refractivity contribution in [1.29, 1.82) is 0 Å². The van der Waals surface area contributed by atoms with Crippen LogP contribution in [0.5, 0.6) is 5.75 Å². The number of anilines is 1. The lowest BCUT2D eigenvalue weighted by atomic mass is 9.94. The van der Waals surface area contributed by atoms with Gasteiger partial charge in [-0.1, -0.05) is 30.3 Å². The number of carbonyl (C=O) groups excluding carboxylic acids is 2. The third-order valence-corrected chi connectivity index (χ3v) is 5.07. The third-order valence-electron chi connectivity index (χ3n) is 4.51. The average Bonchev–Trinajstić information content (AvgIpc) is 2.73. The standard InChI is InChI=1S/C20H22N2O7S/c1-27-16-10-8-15(9-11-16)22-17(13-29-30(2,25)26)18(19(22)23)21-20(24)28-12-14-6-4-3-5-7-14/h3-11,17-18H,12-13H2,1-2H3,(H,21,24)/t17-,18+/m1/s1. The Morgan fingerprint density at radius 3 is 2.37 bits per heavy atom. The van der Waals surface area contributed by atoms with E-state index in [-0.39, 0.29) is 13.2 Å². The van der Waals surface area contributed by atoms with Gasteiger partial charge < -0.3 is 19.7 Å². The van der Waals surface area contributed by atoms with Gasteiger partial charge in [0.1, 0.15) is 18.4 Å². The van der Waals surface area contributed by atoms with Crippen molar-refractivity contribution in [3.05, 3.63) is 60.2 Å². The fraction of sp³-hybridized carbons (Fsp3) is 0.300. The SMILES string of the molecule is COc1ccc(N2C(=O)[C@@H](NC(=O)OCc3ccccc3)[C@H]2COS(C)(=O)=O)cc1. The fourth-order valence-electron chi connectivity index (χ4n) is 3.02. The van der Waals surface area contributed by atoms with Gasteiger partial charge in [0.15, 0.2) is 0 Å². The maximum atomic E-state index is 12.7. The van der Waals surface area contributed by atoms with Crippen LogP contribution in [0.1, 0.15) is 5.56 Å². The van der Waals surface area contributed by atoms with Gasteiger partial charge >= 0.3 is 6.09 Å². The van der Waals surface area contributed by atoms with Crippen LogP contribution in [0.2, 0.25) is 0 Å². The molecule has 1 aliphatic heterocycles. The van der Waals surface area contributed by atoms with Crippen molar-refractivity contribution in [1.82, 2.24) is 5.32 Å². The zero-order valence-corrected chi connectivity index (χ0v) is 17.3. The van der Waals surface area contributed by atoms with Gasteiger partial charge in [0.05, 0.1) is 26.0 Å². The van der Waals surface area contributed by atoms with Crippen molar-refractivity contribution in [2.75, 3.05) is 24.9 Å². The van der Waals surface area contributed by atoms with Crippen LogP contribution >= 0.6 is 0 Å². The zero-order chi connectivity index (χ0) is 21.7. The number of nitrogens with one attached hydrogen (secondary N) is 1. The summed E-state index contributed by atoms with van der Waals surface area (Å²) in [5, 5.41) is 2.49. The maximum Gasteiger partial charge on any atom is 0.408 e. The van der Waals surface area contributed by atoms with Gasteiger partial charge in [-0.25, -0.2) is 4.79 Å². The Hall–Kier alpha value is -3.11. The summed E-state index contributed by atoms with van der Waals surface area (Å²) in [4.78, 5) is 26.2. The first-order valence-electron chi connectivity index (χ1n) is 9.07. The molecule has 2 atom stereocenters. The molecule has 0 aliphatic carbocycles. The topological polar surface area (TPSA) is 111 Å². The van der Waals surface area contributed by atoms with Crippen LogP contribution in [-0.4, -0.2) is 52.5 Å². The number of alkyl carbamates (subject to hydrolysis) is 1. The predicted octanol–water partition coefficient (Wildman–Crippen LogP) is 1.68. The summed E-state index contributed by atoms with van der Waals surface area (Å²) in [5.41, 5.74) is 1.32. The molecule has 3 rings (SSSR count). The van der Waals surface area contributed by atoms with E-state index in [4.69, 9.17) is 13.7 Å². The van der Waals surface area contributed by atoms with Crippen LogP contribution in [0.4, 0.5) is 10.5 Å². The highest BCUT2D eigenvalue weighted by molar-refractivity contribution is 7.85. The first kappa shape index (κ1) is 21.6. The Bertz CT molecular complexity index is 994. The molecule has 10 heteroatoms. The van der Waals surface area contributed by atoms with Crippen LogP contribution in [0.3, 0.4) is 0 Å². The summed E-state index contributed by atoms with van der Waals surface area (Å²) in [6, 6.07) is 14.1. The van der Waals surface area contributed by atoms with Crippen molar-refractivity contribution in [2.24, 2.45) is 0 Å². The number of amides is 2. The molecule has 2 aromatic carbocycles. The zero-order valence-electron chi connectivity index (χ0n) is 16.5. The van der Waals surface area contributed by atoms with Crippen LogP contribution in [0.15, 0.2) is 54.6 Å². The normalized spacial score (nSPS) is 18.5. The highest BCUT2D eigenvalue weighted by Gasteiger charge is 2.49.